The standard InChI is InChI=1S/C26H27ClN14O3/c27-20-22(36-39-29)33-21(35-38-28)19(32-20)23(42)34-25-37-31-15-26(41(25)30)10-12-40(13-11-26)24(43)17-6-8-18(9-7-17)44-14-16-4-2-1-3-5-16/h1-9H,10-15,30H2,(H4,28,29,33,35,36)/b34-25+. The molecule has 5 rings (SSSR count). The van der Waals surface area contributed by atoms with Crippen molar-refractivity contribution in [2.45, 2.75) is 25.0 Å². The van der Waals surface area contributed by atoms with E-state index in [1.807, 2.05) is 30.3 Å². The maximum absolute atomic E-state index is 13.2. The van der Waals surface area contributed by atoms with Crippen molar-refractivity contribution in [3.05, 3.63) is 76.6 Å². The van der Waals surface area contributed by atoms with Crippen molar-refractivity contribution >= 4 is 41.0 Å². The van der Waals surface area contributed by atoms with Crippen LogP contribution in [-0.4, -0.2) is 62.8 Å². The van der Waals surface area contributed by atoms with Gasteiger partial charge in [0.2, 0.25) is 11.6 Å². The van der Waals surface area contributed by atoms with E-state index in [9.17, 15) is 9.59 Å². The predicted octanol–water partition coefficient (Wildman–Crippen LogP) is 3.44. The molecule has 3 aromatic rings. The highest BCUT2D eigenvalue weighted by Gasteiger charge is 2.44. The van der Waals surface area contributed by atoms with E-state index in [4.69, 9.17) is 33.9 Å². The Kier molecular flexibility index (Phi) is 9.06. The number of aliphatic imine (C=N–C) groups is 1. The van der Waals surface area contributed by atoms with Crippen molar-refractivity contribution in [3.8, 4) is 5.75 Å². The third-order valence-corrected chi connectivity index (χ3v) is 7.36. The first kappa shape index (κ1) is 30.1. The Balaban J connectivity index is 1.24. The van der Waals surface area contributed by atoms with Crippen molar-refractivity contribution in [1.82, 2.24) is 19.9 Å². The van der Waals surface area contributed by atoms with Gasteiger partial charge in [-0.25, -0.2) is 15.8 Å². The minimum Gasteiger partial charge on any atom is -0.489 e. The molecule has 0 unspecified atom stereocenters. The molecule has 2 aliphatic rings. The largest absolute Gasteiger partial charge is 0.489 e. The van der Waals surface area contributed by atoms with E-state index >= 15 is 0 Å². The molecule has 0 bridgehead atoms. The number of azo groups is 1. The second kappa shape index (κ2) is 13.3. The van der Waals surface area contributed by atoms with Gasteiger partial charge in [0.15, 0.2) is 10.8 Å². The molecule has 0 radical (unpaired) electrons. The first-order valence-corrected chi connectivity index (χ1v) is 13.6. The van der Waals surface area contributed by atoms with Crippen molar-refractivity contribution in [3.63, 3.8) is 0 Å². The zero-order chi connectivity index (χ0) is 31.1. The quantitative estimate of drug-likeness (QED) is 0.199. The first-order valence-electron chi connectivity index (χ1n) is 13.2. The lowest BCUT2D eigenvalue weighted by atomic mass is 9.86. The van der Waals surface area contributed by atoms with E-state index in [1.165, 1.54) is 5.01 Å². The molecule has 2 aliphatic heterocycles. The Bertz CT molecular complexity index is 1640. The van der Waals surface area contributed by atoms with E-state index in [1.54, 1.807) is 29.2 Å². The predicted molar refractivity (Wildman–Crippen MR) is 157 cm³/mol. The third kappa shape index (κ3) is 6.47. The molecule has 1 aromatic heterocycles. The number of likely N-dealkylation sites (tertiary alicyclic amines) is 1. The monoisotopic (exact) mass is 618 g/mol. The molecular formula is C26H27ClN14O3. The van der Waals surface area contributed by atoms with Gasteiger partial charge in [-0.2, -0.15) is 10.1 Å². The summed E-state index contributed by atoms with van der Waals surface area (Å²) in [5.74, 6) is 15.6. The molecule has 0 saturated carbocycles. The van der Waals surface area contributed by atoms with Crippen LogP contribution in [-0.2, 0) is 6.61 Å². The van der Waals surface area contributed by atoms with Crippen LogP contribution < -0.4 is 22.3 Å². The maximum Gasteiger partial charge on any atom is 0.302 e. The molecular weight excluding hydrogens is 592 g/mol. The molecule has 6 N–H and O–H groups in total. The van der Waals surface area contributed by atoms with Crippen LogP contribution in [0.2, 0.25) is 5.15 Å². The summed E-state index contributed by atoms with van der Waals surface area (Å²) in [6.45, 7) is 1.48. The number of hydrogen-bond donors (Lipinski definition) is 3. The fraction of sp³-hybridized carbons (Fsp3) is 0.269. The fourth-order valence-corrected chi connectivity index (χ4v) is 4.88. The van der Waals surface area contributed by atoms with E-state index < -0.39 is 11.4 Å². The molecule has 17 nitrogen and oxygen atoms in total. The summed E-state index contributed by atoms with van der Waals surface area (Å²) in [6.07, 6.45) is 0.910. The van der Waals surface area contributed by atoms with Gasteiger partial charge in [0.25, 0.3) is 11.9 Å². The normalized spacial score (nSPS) is 17.2. The second-order valence-electron chi connectivity index (χ2n) is 9.74. The number of rotatable bonds is 7. The van der Waals surface area contributed by atoms with Gasteiger partial charge in [-0.3, -0.25) is 14.6 Å². The average Bonchev–Trinajstić information content (AvgIpc) is 3.04. The van der Waals surface area contributed by atoms with Crippen molar-refractivity contribution in [1.29, 1.82) is 0 Å². The van der Waals surface area contributed by atoms with Crippen LogP contribution in [0.1, 0.15) is 39.3 Å². The Labute approximate surface area is 255 Å². The Morgan fingerprint density at radius 3 is 2.32 bits per heavy atom. The van der Waals surface area contributed by atoms with Crippen molar-refractivity contribution in [2.24, 2.45) is 53.4 Å². The van der Waals surface area contributed by atoms with E-state index in [2.05, 4.69) is 45.9 Å². The number of carbonyl (C=O) groups is 2. The number of amides is 2. The van der Waals surface area contributed by atoms with Crippen molar-refractivity contribution in [2.75, 3.05) is 19.6 Å². The smallest absolute Gasteiger partial charge is 0.302 e. The summed E-state index contributed by atoms with van der Waals surface area (Å²) < 4.78 is 5.82. The van der Waals surface area contributed by atoms with Crippen LogP contribution in [0, 0.1) is 0 Å². The molecule has 226 valence electrons. The Morgan fingerprint density at radius 2 is 1.64 bits per heavy atom. The molecule has 0 atom stereocenters. The van der Waals surface area contributed by atoms with Crippen LogP contribution in [0.25, 0.3) is 0 Å². The summed E-state index contributed by atoms with van der Waals surface area (Å²) in [7, 11) is 0. The molecule has 3 heterocycles. The maximum atomic E-state index is 13.2. The number of hydrazine groups is 1. The van der Waals surface area contributed by atoms with Crippen LogP contribution >= 0.6 is 11.6 Å². The summed E-state index contributed by atoms with van der Waals surface area (Å²) in [5.41, 5.74) is 0.488. The number of guanidine groups is 1. The highest BCUT2D eigenvalue weighted by atomic mass is 35.5. The lowest BCUT2D eigenvalue weighted by Crippen LogP contribution is -2.63. The molecule has 1 spiro atoms. The number of piperidine rings is 1. The molecule has 2 aromatic carbocycles. The number of carbonyl (C=O) groups excluding carboxylic acids is 2. The fourth-order valence-electron chi connectivity index (χ4n) is 4.71. The zero-order valence-electron chi connectivity index (χ0n) is 23.2. The Hall–Kier alpha value is -5.42. The molecule has 1 fully saturated rings. The molecule has 2 amide bonds. The summed E-state index contributed by atoms with van der Waals surface area (Å²) in [4.78, 5) is 39.9. The molecule has 44 heavy (non-hydrogen) atoms. The number of aromatic nitrogens is 2. The average molecular weight is 619 g/mol. The Morgan fingerprint density at radius 1 is 0.955 bits per heavy atom. The topological polar surface area (TPSA) is 240 Å². The van der Waals surface area contributed by atoms with Crippen LogP contribution in [0.5, 0.6) is 5.75 Å². The number of halogens is 1. The van der Waals surface area contributed by atoms with Crippen LogP contribution in [0.3, 0.4) is 0 Å². The lowest BCUT2D eigenvalue weighted by molar-refractivity contribution is 0.0475. The number of hydrogen-bond acceptors (Lipinski definition) is 11. The van der Waals surface area contributed by atoms with Gasteiger partial charge in [0, 0.05) is 18.7 Å². The summed E-state index contributed by atoms with van der Waals surface area (Å²) in [6, 6.07) is 16.9. The van der Waals surface area contributed by atoms with E-state index in [-0.39, 0.29) is 40.9 Å². The highest BCUT2D eigenvalue weighted by Crippen LogP contribution is 2.32. The minimum absolute atomic E-state index is 0.116. The number of ether oxygens (including phenoxy) is 1. The molecule has 0 aliphatic carbocycles. The van der Waals surface area contributed by atoms with Crippen LogP contribution in [0.4, 0.5) is 11.6 Å². The number of nitrogens with zero attached hydrogens (tertiary/aromatic N) is 11. The first-order chi connectivity index (χ1) is 21.3. The van der Waals surface area contributed by atoms with Crippen molar-refractivity contribution < 1.29 is 14.3 Å². The van der Waals surface area contributed by atoms with Gasteiger partial charge in [0.05, 0.1) is 12.1 Å². The van der Waals surface area contributed by atoms with E-state index in [0.717, 1.165) is 5.56 Å². The number of nitrogens with two attached hydrogens (primary N) is 3. The minimum atomic E-state index is -0.928. The van der Waals surface area contributed by atoms with Crippen LogP contribution in [0.15, 0.2) is 90.5 Å². The molecule has 18 heteroatoms. The zero-order valence-corrected chi connectivity index (χ0v) is 23.9. The van der Waals surface area contributed by atoms with Gasteiger partial charge >= 0.3 is 5.91 Å². The molecule has 1 saturated heterocycles. The van der Waals surface area contributed by atoms with Gasteiger partial charge < -0.3 is 21.3 Å². The number of benzene rings is 2. The van der Waals surface area contributed by atoms with Gasteiger partial charge in [-0.15, -0.1) is 15.3 Å². The van der Waals surface area contributed by atoms with Gasteiger partial charge in [-0.05, 0) is 42.7 Å². The highest BCUT2D eigenvalue weighted by molar-refractivity contribution is 6.31. The third-order valence-electron chi connectivity index (χ3n) is 7.11. The van der Waals surface area contributed by atoms with Gasteiger partial charge in [0.1, 0.15) is 12.4 Å². The summed E-state index contributed by atoms with van der Waals surface area (Å²) >= 11 is 6.04. The van der Waals surface area contributed by atoms with Gasteiger partial charge in [-0.1, -0.05) is 52.4 Å². The van der Waals surface area contributed by atoms with E-state index in [0.29, 0.717) is 43.9 Å². The SMILES string of the molecule is NN=Nc1nc(N=NN)c(C(=O)/N=C2\N=NCC3(CCN(C(=O)c4ccc(OCc5ccccc5)cc4)CC3)N2N)nc1Cl. The summed E-state index contributed by atoms with van der Waals surface area (Å²) in [5, 5.41) is 22.5. The lowest BCUT2D eigenvalue weighted by Gasteiger charge is -2.47. The second-order valence-corrected chi connectivity index (χ2v) is 10.1.